The molecule has 3 fully saturated rings. The van der Waals surface area contributed by atoms with E-state index in [1.807, 2.05) is 0 Å². The van der Waals surface area contributed by atoms with Crippen LogP contribution in [0, 0.1) is 11.8 Å². The van der Waals surface area contributed by atoms with Crippen molar-refractivity contribution >= 4 is 5.97 Å². The maximum Gasteiger partial charge on any atom is 0.308 e. The highest BCUT2D eigenvalue weighted by molar-refractivity contribution is 5.71. The minimum absolute atomic E-state index is 0.0719. The lowest BCUT2D eigenvalue weighted by Gasteiger charge is -2.24. The highest BCUT2D eigenvalue weighted by Crippen LogP contribution is 2.42. The van der Waals surface area contributed by atoms with Crippen molar-refractivity contribution in [3.63, 3.8) is 0 Å². The van der Waals surface area contributed by atoms with Gasteiger partial charge in [-0.2, -0.15) is 0 Å². The summed E-state index contributed by atoms with van der Waals surface area (Å²) in [6.07, 6.45) is 10.2. The molecular formula is C14H23NO2. The number of carboxylic acid groups (broad SMARTS) is 1. The fourth-order valence-electron chi connectivity index (χ4n) is 4.35. The van der Waals surface area contributed by atoms with Crippen LogP contribution in [-0.2, 0) is 4.79 Å². The number of rotatable bonds is 4. The molecule has 3 nitrogen and oxygen atoms in total. The average molecular weight is 237 g/mol. The zero-order valence-electron chi connectivity index (χ0n) is 10.5. The number of fused-ring (bicyclic) bond motifs is 2. The van der Waals surface area contributed by atoms with Gasteiger partial charge in [0.15, 0.2) is 0 Å². The molecule has 1 saturated carbocycles. The summed E-state index contributed by atoms with van der Waals surface area (Å²) < 4.78 is 0. The Morgan fingerprint density at radius 2 is 1.94 bits per heavy atom. The van der Waals surface area contributed by atoms with Crippen LogP contribution in [0.3, 0.4) is 0 Å². The summed E-state index contributed by atoms with van der Waals surface area (Å²) in [5.74, 6) is 0.290. The number of carbonyl (C=O) groups is 1. The third-order valence-corrected chi connectivity index (χ3v) is 5.27. The van der Waals surface area contributed by atoms with Crippen molar-refractivity contribution in [1.29, 1.82) is 0 Å². The average Bonchev–Trinajstić information content (AvgIpc) is 3.01. The molecule has 1 aliphatic carbocycles. The van der Waals surface area contributed by atoms with E-state index < -0.39 is 5.97 Å². The van der Waals surface area contributed by atoms with Crippen molar-refractivity contribution in [2.45, 2.75) is 63.5 Å². The van der Waals surface area contributed by atoms with E-state index in [0.29, 0.717) is 12.1 Å². The van der Waals surface area contributed by atoms with Gasteiger partial charge >= 0.3 is 5.97 Å². The molecule has 2 aliphatic heterocycles. The van der Waals surface area contributed by atoms with E-state index in [4.69, 9.17) is 0 Å². The molecule has 3 atom stereocenters. The van der Waals surface area contributed by atoms with E-state index in [-0.39, 0.29) is 5.92 Å². The van der Waals surface area contributed by atoms with E-state index in [2.05, 4.69) is 4.90 Å². The molecule has 3 heteroatoms. The summed E-state index contributed by atoms with van der Waals surface area (Å²) in [7, 11) is 0. The normalized spacial score (nSPS) is 38.0. The Labute approximate surface area is 103 Å². The van der Waals surface area contributed by atoms with Gasteiger partial charge in [-0.25, -0.2) is 0 Å². The van der Waals surface area contributed by atoms with Crippen LogP contribution < -0.4 is 0 Å². The Bertz CT molecular complexity index is 299. The molecule has 3 rings (SSSR count). The van der Waals surface area contributed by atoms with Crippen molar-refractivity contribution in [3.05, 3.63) is 0 Å². The molecule has 2 bridgehead atoms. The van der Waals surface area contributed by atoms with Gasteiger partial charge in [0.2, 0.25) is 0 Å². The fraction of sp³-hybridized carbons (Fsp3) is 0.929. The Morgan fingerprint density at radius 3 is 2.59 bits per heavy atom. The maximum atomic E-state index is 11.2. The summed E-state index contributed by atoms with van der Waals surface area (Å²) in [4.78, 5) is 13.7. The van der Waals surface area contributed by atoms with Crippen LogP contribution in [0.2, 0.25) is 0 Å². The van der Waals surface area contributed by atoms with E-state index >= 15 is 0 Å². The highest BCUT2D eigenvalue weighted by Gasteiger charge is 2.48. The van der Waals surface area contributed by atoms with Gasteiger partial charge in [-0.05, 0) is 38.1 Å². The van der Waals surface area contributed by atoms with Crippen LogP contribution in [0.15, 0.2) is 0 Å². The molecule has 0 aromatic carbocycles. The van der Waals surface area contributed by atoms with Crippen LogP contribution in [0.5, 0.6) is 0 Å². The first-order chi connectivity index (χ1) is 8.25. The molecule has 2 saturated heterocycles. The first-order valence-corrected chi connectivity index (χ1v) is 7.24. The molecule has 0 radical (unpaired) electrons. The number of hydrogen-bond acceptors (Lipinski definition) is 2. The predicted molar refractivity (Wildman–Crippen MR) is 65.8 cm³/mol. The Hall–Kier alpha value is -0.570. The largest absolute Gasteiger partial charge is 0.481 e. The lowest BCUT2D eigenvalue weighted by atomic mass is 9.89. The van der Waals surface area contributed by atoms with Crippen molar-refractivity contribution in [3.8, 4) is 0 Å². The van der Waals surface area contributed by atoms with Crippen LogP contribution in [-0.4, -0.2) is 34.6 Å². The summed E-state index contributed by atoms with van der Waals surface area (Å²) in [6, 6.07) is 0.946. The van der Waals surface area contributed by atoms with Crippen LogP contribution in [0.1, 0.15) is 51.4 Å². The van der Waals surface area contributed by atoms with Gasteiger partial charge in [0.1, 0.15) is 0 Å². The molecule has 2 heterocycles. The predicted octanol–water partition coefficient (Wildman–Crippen LogP) is 2.50. The first kappa shape index (κ1) is 11.5. The van der Waals surface area contributed by atoms with Gasteiger partial charge in [0, 0.05) is 12.1 Å². The quantitative estimate of drug-likeness (QED) is 0.816. The van der Waals surface area contributed by atoms with Gasteiger partial charge in [0.05, 0.1) is 5.92 Å². The van der Waals surface area contributed by atoms with E-state index in [1.165, 1.54) is 38.5 Å². The van der Waals surface area contributed by atoms with Crippen molar-refractivity contribution in [1.82, 2.24) is 4.90 Å². The third kappa shape index (κ3) is 2.10. The zero-order valence-corrected chi connectivity index (χ0v) is 10.5. The minimum Gasteiger partial charge on any atom is -0.481 e. The first-order valence-electron chi connectivity index (χ1n) is 7.24. The summed E-state index contributed by atoms with van der Waals surface area (Å²) in [5, 5.41) is 9.21. The molecule has 17 heavy (non-hydrogen) atoms. The van der Waals surface area contributed by atoms with Gasteiger partial charge in [0.25, 0.3) is 0 Å². The second-order valence-corrected chi connectivity index (χ2v) is 6.16. The Morgan fingerprint density at radius 1 is 1.18 bits per heavy atom. The second-order valence-electron chi connectivity index (χ2n) is 6.16. The highest BCUT2D eigenvalue weighted by atomic mass is 16.4. The Balaban J connectivity index is 1.55. The van der Waals surface area contributed by atoms with Gasteiger partial charge in [-0.3, -0.25) is 9.69 Å². The van der Waals surface area contributed by atoms with Gasteiger partial charge in [-0.15, -0.1) is 0 Å². The monoisotopic (exact) mass is 237 g/mol. The molecule has 0 spiro atoms. The number of hydrogen-bond donors (Lipinski definition) is 1. The number of aliphatic carboxylic acids is 1. The second kappa shape index (κ2) is 4.60. The van der Waals surface area contributed by atoms with Gasteiger partial charge < -0.3 is 5.11 Å². The smallest absolute Gasteiger partial charge is 0.308 e. The number of carboxylic acids is 1. The molecule has 0 amide bonds. The molecule has 1 N–H and O–H groups in total. The van der Waals surface area contributed by atoms with Crippen molar-refractivity contribution in [2.24, 2.45) is 11.8 Å². The van der Waals surface area contributed by atoms with Crippen LogP contribution in [0.4, 0.5) is 0 Å². The Kier molecular flexibility index (Phi) is 3.12. The maximum absolute atomic E-state index is 11.2. The zero-order chi connectivity index (χ0) is 11.8. The minimum atomic E-state index is -0.567. The van der Waals surface area contributed by atoms with Gasteiger partial charge in [-0.1, -0.05) is 25.7 Å². The van der Waals surface area contributed by atoms with Crippen LogP contribution in [0.25, 0.3) is 0 Å². The van der Waals surface area contributed by atoms with E-state index in [1.54, 1.807) is 0 Å². The standard InChI is InChI=1S/C14H23NO2/c16-14(17)12-9-11-5-6-13(12)15(11)8-7-10-3-1-2-4-10/h10-13H,1-9H2,(H,16,17). The van der Waals surface area contributed by atoms with Crippen molar-refractivity contribution < 1.29 is 9.90 Å². The molecule has 96 valence electrons. The lowest BCUT2D eigenvalue weighted by Crippen LogP contribution is -2.34. The van der Waals surface area contributed by atoms with Crippen LogP contribution >= 0.6 is 0 Å². The van der Waals surface area contributed by atoms with E-state index in [0.717, 1.165) is 25.3 Å². The lowest BCUT2D eigenvalue weighted by molar-refractivity contribution is -0.142. The topological polar surface area (TPSA) is 40.5 Å². The molecular weight excluding hydrogens is 214 g/mol. The molecule has 0 aromatic heterocycles. The SMILES string of the molecule is O=C(O)C1CC2CCC1N2CCC1CCCC1. The summed E-state index contributed by atoms with van der Waals surface area (Å²) in [6.45, 7) is 1.16. The van der Waals surface area contributed by atoms with E-state index in [9.17, 15) is 9.90 Å². The third-order valence-electron chi connectivity index (χ3n) is 5.27. The van der Waals surface area contributed by atoms with Crippen molar-refractivity contribution in [2.75, 3.05) is 6.54 Å². The summed E-state index contributed by atoms with van der Waals surface area (Å²) >= 11 is 0. The molecule has 3 aliphatic rings. The summed E-state index contributed by atoms with van der Waals surface area (Å²) in [5.41, 5.74) is 0. The number of nitrogens with zero attached hydrogens (tertiary/aromatic N) is 1. The molecule has 3 unspecified atom stereocenters. The molecule has 0 aromatic rings. The fourth-order valence-corrected chi connectivity index (χ4v) is 4.35.